The fraction of sp³-hybridized carbons (Fsp3) is 0.583. The standard InChI is InChI=1S/C12H16N4O2S/c1-7(8-4-3-5-18-8)16-10-9(15-12(16)19)11(17-2)14-6-13-10/h6-8H,3-5H2,1-2H3,(H,15,19). The number of hydrogen-bond donors (Lipinski definition) is 1. The van der Waals surface area contributed by atoms with Crippen molar-refractivity contribution in [2.24, 2.45) is 0 Å². The zero-order valence-electron chi connectivity index (χ0n) is 10.9. The zero-order valence-corrected chi connectivity index (χ0v) is 11.7. The van der Waals surface area contributed by atoms with Crippen LogP contribution in [0.4, 0.5) is 0 Å². The van der Waals surface area contributed by atoms with Crippen LogP contribution in [-0.2, 0) is 4.74 Å². The molecule has 1 saturated heterocycles. The van der Waals surface area contributed by atoms with Crippen LogP contribution >= 0.6 is 12.2 Å². The molecule has 0 aliphatic carbocycles. The number of fused-ring (bicyclic) bond motifs is 1. The summed E-state index contributed by atoms with van der Waals surface area (Å²) in [4.78, 5) is 11.5. The Balaban J connectivity index is 2.12. The minimum Gasteiger partial charge on any atom is -0.479 e. The highest BCUT2D eigenvalue weighted by molar-refractivity contribution is 7.71. The van der Waals surface area contributed by atoms with Crippen LogP contribution < -0.4 is 4.74 Å². The van der Waals surface area contributed by atoms with Gasteiger partial charge in [0.2, 0.25) is 5.88 Å². The van der Waals surface area contributed by atoms with E-state index in [1.165, 1.54) is 6.33 Å². The Labute approximate surface area is 115 Å². The van der Waals surface area contributed by atoms with Crippen LogP contribution in [0.25, 0.3) is 11.2 Å². The number of rotatable bonds is 3. The first kappa shape index (κ1) is 12.6. The first-order chi connectivity index (χ1) is 9.22. The number of aromatic nitrogens is 4. The van der Waals surface area contributed by atoms with Crippen LogP contribution in [0.5, 0.6) is 5.88 Å². The summed E-state index contributed by atoms with van der Waals surface area (Å²) in [6.45, 7) is 2.93. The number of H-pyrrole nitrogens is 1. The highest BCUT2D eigenvalue weighted by atomic mass is 32.1. The van der Waals surface area contributed by atoms with Crippen molar-refractivity contribution < 1.29 is 9.47 Å². The Morgan fingerprint density at radius 2 is 2.42 bits per heavy atom. The van der Waals surface area contributed by atoms with Crippen LogP contribution in [0.15, 0.2) is 6.33 Å². The van der Waals surface area contributed by atoms with Gasteiger partial charge < -0.3 is 14.5 Å². The third kappa shape index (κ3) is 2.02. The molecule has 1 fully saturated rings. The lowest BCUT2D eigenvalue weighted by Gasteiger charge is -2.20. The van der Waals surface area contributed by atoms with Crippen molar-refractivity contribution in [2.45, 2.75) is 31.9 Å². The normalized spacial score (nSPS) is 20.8. The van der Waals surface area contributed by atoms with Gasteiger partial charge in [0, 0.05) is 6.61 Å². The second kappa shape index (κ2) is 4.90. The van der Waals surface area contributed by atoms with Crippen molar-refractivity contribution in [1.29, 1.82) is 0 Å². The van der Waals surface area contributed by atoms with Gasteiger partial charge in [0.25, 0.3) is 0 Å². The van der Waals surface area contributed by atoms with E-state index < -0.39 is 0 Å². The lowest BCUT2D eigenvalue weighted by Crippen LogP contribution is -2.21. The molecule has 2 aromatic heterocycles. The smallest absolute Gasteiger partial charge is 0.242 e. The highest BCUT2D eigenvalue weighted by Crippen LogP contribution is 2.29. The summed E-state index contributed by atoms with van der Waals surface area (Å²) >= 11 is 5.40. The van der Waals surface area contributed by atoms with Crippen molar-refractivity contribution in [3.05, 3.63) is 11.1 Å². The number of ether oxygens (including phenoxy) is 2. The molecule has 102 valence electrons. The lowest BCUT2D eigenvalue weighted by atomic mass is 10.1. The molecule has 19 heavy (non-hydrogen) atoms. The first-order valence-corrected chi connectivity index (χ1v) is 6.74. The van der Waals surface area contributed by atoms with Gasteiger partial charge in [-0.3, -0.25) is 4.57 Å². The summed E-state index contributed by atoms with van der Waals surface area (Å²) < 4.78 is 13.6. The van der Waals surface area contributed by atoms with Gasteiger partial charge >= 0.3 is 0 Å². The number of aromatic amines is 1. The summed E-state index contributed by atoms with van der Waals surface area (Å²) in [5.74, 6) is 0.509. The van der Waals surface area contributed by atoms with Crippen molar-refractivity contribution >= 4 is 23.4 Å². The molecule has 0 aromatic carbocycles. The maximum atomic E-state index is 5.74. The number of imidazole rings is 1. The quantitative estimate of drug-likeness (QED) is 0.873. The molecule has 1 N–H and O–H groups in total. The average molecular weight is 280 g/mol. The Bertz CT molecular complexity index is 645. The molecule has 3 rings (SSSR count). The van der Waals surface area contributed by atoms with Crippen molar-refractivity contribution in [2.75, 3.05) is 13.7 Å². The van der Waals surface area contributed by atoms with Gasteiger partial charge in [0.15, 0.2) is 10.4 Å². The summed E-state index contributed by atoms with van der Waals surface area (Å²) in [6, 6.07) is 0.142. The highest BCUT2D eigenvalue weighted by Gasteiger charge is 2.26. The Morgan fingerprint density at radius 3 is 3.11 bits per heavy atom. The maximum Gasteiger partial charge on any atom is 0.242 e. The van der Waals surface area contributed by atoms with Crippen LogP contribution in [0.3, 0.4) is 0 Å². The number of hydrogen-bond acceptors (Lipinski definition) is 5. The molecule has 2 unspecified atom stereocenters. The van der Waals surface area contributed by atoms with E-state index in [1.807, 2.05) is 4.57 Å². The largest absolute Gasteiger partial charge is 0.479 e. The summed E-state index contributed by atoms with van der Waals surface area (Å²) in [6.07, 6.45) is 3.83. The Hall–Kier alpha value is -1.47. The molecule has 2 aromatic rings. The van der Waals surface area contributed by atoms with E-state index >= 15 is 0 Å². The molecule has 0 bridgehead atoms. The molecule has 1 aliphatic heterocycles. The zero-order chi connectivity index (χ0) is 13.4. The molecule has 0 amide bonds. The minimum atomic E-state index is 0.142. The Morgan fingerprint density at radius 1 is 1.58 bits per heavy atom. The third-order valence-electron chi connectivity index (χ3n) is 3.57. The average Bonchev–Trinajstić information content (AvgIpc) is 3.04. The number of nitrogens with one attached hydrogen (secondary N) is 1. The van der Waals surface area contributed by atoms with Gasteiger partial charge in [0.05, 0.1) is 19.3 Å². The van der Waals surface area contributed by atoms with E-state index in [9.17, 15) is 0 Å². The van der Waals surface area contributed by atoms with E-state index in [1.54, 1.807) is 7.11 Å². The van der Waals surface area contributed by atoms with Gasteiger partial charge in [-0.05, 0) is 32.0 Å². The van der Waals surface area contributed by atoms with Crippen LogP contribution in [0.1, 0.15) is 25.8 Å². The van der Waals surface area contributed by atoms with E-state index in [2.05, 4.69) is 21.9 Å². The molecule has 2 atom stereocenters. The number of nitrogens with zero attached hydrogens (tertiary/aromatic N) is 3. The van der Waals surface area contributed by atoms with E-state index in [-0.39, 0.29) is 12.1 Å². The van der Waals surface area contributed by atoms with Crippen LogP contribution in [0, 0.1) is 4.77 Å². The molecular weight excluding hydrogens is 264 g/mol. The fourth-order valence-electron chi connectivity index (χ4n) is 2.60. The van der Waals surface area contributed by atoms with Crippen LogP contribution in [0.2, 0.25) is 0 Å². The van der Waals surface area contributed by atoms with Gasteiger partial charge in [-0.2, -0.15) is 4.98 Å². The summed E-state index contributed by atoms with van der Waals surface area (Å²) in [5, 5.41) is 0. The van der Waals surface area contributed by atoms with Gasteiger partial charge in [0.1, 0.15) is 11.8 Å². The molecule has 0 saturated carbocycles. The summed E-state index contributed by atoms with van der Waals surface area (Å²) in [5.41, 5.74) is 1.50. The van der Waals surface area contributed by atoms with E-state index in [0.717, 1.165) is 30.6 Å². The SMILES string of the molecule is COc1ncnc2c1[nH]c(=S)n2C(C)C1CCCO1. The second-order valence-electron chi connectivity index (χ2n) is 4.67. The predicted octanol–water partition coefficient (Wildman–Crippen LogP) is 2.24. The molecule has 6 nitrogen and oxygen atoms in total. The predicted molar refractivity (Wildman–Crippen MR) is 72.9 cm³/mol. The topological polar surface area (TPSA) is 65.0 Å². The van der Waals surface area contributed by atoms with E-state index in [4.69, 9.17) is 21.7 Å². The molecule has 0 radical (unpaired) electrons. The monoisotopic (exact) mass is 280 g/mol. The number of methoxy groups -OCH3 is 1. The molecule has 1 aliphatic rings. The van der Waals surface area contributed by atoms with Gasteiger partial charge in [-0.1, -0.05) is 0 Å². The third-order valence-corrected chi connectivity index (χ3v) is 3.87. The maximum absolute atomic E-state index is 5.74. The summed E-state index contributed by atoms with van der Waals surface area (Å²) in [7, 11) is 1.58. The fourth-order valence-corrected chi connectivity index (χ4v) is 2.95. The van der Waals surface area contributed by atoms with E-state index in [0.29, 0.717) is 10.7 Å². The molecule has 0 spiro atoms. The van der Waals surface area contributed by atoms with Crippen molar-refractivity contribution in [3.8, 4) is 5.88 Å². The first-order valence-electron chi connectivity index (χ1n) is 6.33. The molecule has 7 heteroatoms. The van der Waals surface area contributed by atoms with Crippen molar-refractivity contribution in [3.63, 3.8) is 0 Å². The lowest BCUT2D eigenvalue weighted by molar-refractivity contribution is 0.0739. The minimum absolute atomic E-state index is 0.142. The second-order valence-corrected chi connectivity index (χ2v) is 5.06. The van der Waals surface area contributed by atoms with Gasteiger partial charge in [-0.15, -0.1) is 0 Å². The van der Waals surface area contributed by atoms with Crippen molar-refractivity contribution in [1.82, 2.24) is 19.5 Å². The van der Waals surface area contributed by atoms with Crippen LogP contribution in [-0.4, -0.2) is 39.3 Å². The Kier molecular flexibility index (Phi) is 3.24. The van der Waals surface area contributed by atoms with Gasteiger partial charge in [-0.25, -0.2) is 4.98 Å². The molecular formula is C12H16N4O2S. The molecule has 3 heterocycles.